The Labute approximate surface area is 112 Å². The molecule has 0 aliphatic heterocycles. The maximum Gasteiger partial charge on any atom is 0.329 e. The molecule has 4 heteroatoms. The lowest BCUT2D eigenvalue weighted by Crippen LogP contribution is -2.28. The molecule has 1 atom stereocenters. The van der Waals surface area contributed by atoms with Crippen LogP contribution in [0.1, 0.15) is 33.7 Å². The van der Waals surface area contributed by atoms with E-state index < -0.39 is 11.6 Å². The zero-order valence-corrected chi connectivity index (χ0v) is 11.6. The predicted molar refractivity (Wildman–Crippen MR) is 72.5 cm³/mol. The van der Waals surface area contributed by atoms with Gasteiger partial charge in [-0.2, -0.15) is 0 Å². The average molecular weight is 263 g/mol. The van der Waals surface area contributed by atoms with Crippen LogP contribution in [0.15, 0.2) is 30.5 Å². The van der Waals surface area contributed by atoms with E-state index in [1.807, 2.05) is 20.8 Å². The van der Waals surface area contributed by atoms with Crippen molar-refractivity contribution in [1.29, 1.82) is 0 Å². The summed E-state index contributed by atoms with van der Waals surface area (Å²) < 4.78 is 20.7. The number of benzene rings is 1. The zero-order valence-electron chi connectivity index (χ0n) is 11.6. The van der Waals surface area contributed by atoms with Gasteiger partial charge in [0.1, 0.15) is 17.5 Å². The third-order valence-electron chi connectivity index (χ3n) is 2.88. The molecule has 1 heterocycles. The second-order valence-corrected chi connectivity index (χ2v) is 5.61. The summed E-state index contributed by atoms with van der Waals surface area (Å²) in [4.78, 5) is 12.0. The first-order valence-corrected chi connectivity index (χ1v) is 6.27. The van der Waals surface area contributed by atoms with Gasteiger partial charge in [0.05, 0.1) is 5.52 Å². The molecule has 0 spiro atoms. The Kier molecular flexibility index (Phi) is 3.35. The topological polar surface area (TPSA) is 31.2 Å². The summed E-state index contributed by atoms with van der Waals surface area (Å²) in [6.45, 7) is 7.22. The maximum atomic E-state index is 13.6. The van der Waals surface area contributed by atoms with Crippen molar-refractivity contribution in [2.75, 3.05) is 0 Å². The minimum Gasteiger partial charge on any atom is -0.458 e. The van der Waals surface area contributed by atoms with Crippen LogP contribution >= 0.6 is 0 Å². The Morgan fingerprint density at radius 2 is 2.00 bits per heavy atom. The molecule has 0 saturated heterocycles. The highest BCUT2D eigenvalue weighted by Gasteiger charge is 2.23. The first-order valence-electron chi connectivity index (χ1n) is 6.27. The molecule has 0 saturated carbocycles. The van der Waals surface area contributed by atoms with Crippen molar-refractivity contribution >= 4 is 16.9 Å². The molecule has 1 unspecified atom stereocenters. The molecule has 19 heavy (non-hydrogen) atoms. The van der Waals surface area contributed by atoms with Crippen LogP contribution in [0.25, 0.3) is 10.9 Å². The van der Waals surface area contributed by atoms with E-state index in [1.165, 1.54) is 6.07 Å². The molecule has 0 fully saturated rings. The summed E-state index contributed by atoms with van der Waals surface area (Å²) in [7, 11) is 0. The van der Waals surface area contributed by atoms with Crippen LogP contribution in [0, 0.1) is 5.82 Å². The summed E-state index contributed by atoms with van der Waals surface area (Å²) in [5.41, 5.74) is 0.165. The summed E-state index contributed by atoms with van der Waals surface area (Å²) in [6, 6.07) is 6.02. The van der Waals surface area contributed by atoms with Crippen LogP contribution in [0.3, 0.4) is 0 Å². The van der Waals surface area contributed by atoms with Gasteiger partial charge in [0.25, 0.3) is 0 Å². The van der Waals surface area contributed by atoms with Gasteiger partial charge in [-0.3, -0.25) is 0 Å². The van der Waals surface area contributed by atoms with Crippen molar-refractivity contribution in [3.05, 3.63) is 36.3 Å². The Balaban J connectivity index is 2.34. The van der Waals surface area contributed by atoms with Crippen LogP contribution in [0.2, 0.25) is 0 Å². The molecular formula is C15H18FNO2. The third kappa shape index (κ3) is 2.78. The molecule has 1 aromatic carbocycles. The summed E-state index contributed by atoms with van der Waals surface area (Å²) >= 11 is 0. The van der Waals surface area contributed by atoms with Gasteiger partial charge >= 0.3 is 5.97 Å². The van der Waals surface area contributed by atoms with Crippen molar-refractivity contribution in [2.24, 2.45) is 0 Å². The second kappa shape index (κ2) is 4.68. The van der Waals surface area contributed by atoms with Crippen LogP contribution < -0.4 is 0 Å². The van der Waals surface area contributed by atoms with Gasteiger partial charge in [-0.05, 0) is 45.9 Å². The smallest absolute Gasteiger partial charge is 0.329 e. The highest BCUT2D eigenvalue weighted by atomic mass is 19.1. The number of carbonyl (C=O) groups excluding carboxylic acids is 1. The van der Waals surface area contributed by atoms with Crippen molar-refractivity contribution in [1.82, 2.24) is 4.57 Å². The standard InChI is InChI=1S/C15H18FNO2/c1-10(14(18)19-15(2,3)4)17-9-8-11-12(16)6-5-7-13(11)17/h5-10H,1-4H3. The van der Waals surface area contributed by atoms with E-state index in [9.17, 15) is 9.18 Å². The molecule has 2 rings (SSSR count). The quantitative estimate of drug-likeness (QED) is 0.774. The predicted octanol–water partition coefficient (Wildman–Crippen LogP) is 3.68. The number of rotatable bonds is 2. The normalized spacial score (nSPS) is 13.5. The Morgan fingerprint density at radius 3 is 2.63 bits per heavy atom. The molecule has 0 N–H and O–H groups in total. The van der Waals surface area contributed by atoms with Crippen LogP contribution in [-0.2, 0) is 9.53 Å². The van der Waals surface area contributed by atoms with Gasteiger partial charge < -0.3 is 9.30 Å². The van der Waals surface area contributed by atoms with Crippen LogP contribution in [-0.4, -0.2) is 16.1 Å². The fourth-order valence-corrected chi connectivity index (χ4v) is 1.99. The number of carbonyl (C=O) groups is 1. The number of hydrogen-bond donors (Lipinski definition) is 0. The SMILES string of the molecule is CC(C(=O)OC(C)(C)C)n1ccc2c(F)cccc21. The summed E-state index contributed by atoms with van der Waals surface area (Å²) in [6.07, 6.45) is 1.71. The minimum absolute atomic E-state index is 0.285. The maximum absolute atomic E-state index is 13.6. The molecule has 102 valence electrons. The number of nitrogens with zero attached hydrogens (tertiary/aromatic N) is 1. The number of fused-ring (bicyclic) bond motifs is 1. The van der Waals surface area contributed by atoms with Gasteiger partial charge in [-0.1, -0.05) is 6.07 Å². The molecule has 1 aromatic heterocycles. The lowest BCUT2D eigenvalue weighted by Gasteiger charge is -2.23. The average Bonchev–Trinajstić information content (AvgIpc) is 2.71. The van der Waals surface area contributed by atoms with Crippen LogP contribution in [0.5, 0.6) is 0 Å². The van der Waals surface area contributed by atoms with E-state index in [0.717, 1.165) is 0 Å². The van der Waals surface area contributed by atoms with Gasteiger partial charge in [0.2, 0.25) is 0 Å². The van der Waals surface area contributed by atoms with Gasteiger partial charge in [0.15, 0.2) is 0 Å². The molecular weight excluding hydrogens is 245 g/mol. The molecule has 2 aromatic rings. The van der Waals surface area contributed by atoms with Crippen LogP contribution in [0.4, 0.5) is 4.39 Å². The number of hydrogen-bond acceptors (Lipinski definition) is 2. The molecule has 0 amide bonds. The number of ether oxygens (including phenoxy) is 1. The molecule has 0 bridgehead atoms. The lowest BCUT2D eigenvalue weighted by molar-refractivity contribution is -0.158. The van der Waals surface area contributed by atoms with Gasteiger partial charge in [0, 0.05) is 11.6 Å². The first-order chi connectivity index (χ1) is 8.79. The lowest BCUT2D eigenvalue weighted by atomic mass is 10.2. The number of esters is 1. The van der Waals surface area contributed by atoms with Gasteiger partial charge in [-0.15, -0.1) is 0 Å². The van der Waals surface area contributed by atoms with E-state index in [1.54, 1.807) is 35.9 Å². The van der Waals surface area contributed by atoms with E-state index in [0.29, 0.717) is 10.9 Å². The first kappa shape index (κ1) is 13.6. The van der Waals surface area contributed by atoms with E-state index in [4.69, 9.17) is 4.74 Å². The second-order valence-electron chi connectivity index (χ2n) is 5.61. The molecule has 0 aliphatic rings. The van der Waals surface area contributed by atoms with Crippen molar-refractivity contribution < 1.29 is 13.9 Å². The fraction of sp³-hybridized carbons (Fsp3) is 0.400. The third-order valence-corrected chi connectivity index (χ3v) is 2.88. The molecule has 0 radical (unpaired) electrons. The highest BCUT2D eigenvalue weighted by Crippen LogP contribution is 2.24. The van der Waals surface area contributed by atoms with E-state index in [-0.39, 0.29) is 11.8 Å². The van der Waals surface area contributed by atoms with Crippen molar-refractivity contribution in [3.63, 3.8) is 0 Å². The molecule has 0 aliphatic carbocycles. The fourth-order valence-electron chi connectivity index (χ4n) is 1.99. The van der Waals surface area contributed by atoms with E-state index >= 15 is 0 Å². The van der Waals surface area contributed by atoms with Crippen molar-refractivity contribution in [2.45, 2.75) is 39.3 Å². The summed E-state index contributed by atoms with van der Waals surface area (Å²) in [5.74, 6) is -0.609. The Bertz CT molecular complexity index is 610. The Morgan fingerprint density at radius 1 is 1.32 bits per heavy atom. The molecule has 3 nitrogen and oxygen atoms in total. The Hall–Kier alpha value is -1.84. The number of halogens is 1. The minimum atomic E-state index is -0.528. The summed E-state index contributed by atoms with van der Waals surface area (Å²) in [5, 5.41) is 0.512. The largest absolute Gasteiger partial charge is 0.458 e. The zero-order chi connectivity index (χ0) is 14.2. The highest BCUT2D eigenvalue weighted by molar-refractivity contribution is 5.84. The van der Waals surface area contributed by atoms with E-state index in [2.05, 4.69) is 0 Å². The number of aromatic nitrogens is 1. The monoisotopic (exact) mass is 263 g/mol. The van der Waals surface area contributed by atoms with Gasteiger partial charge in [-0.25, -0.2) is 9.18 Å². The van der Waals surface area contributed by atoms with Crippen molar-refractivity contribution in [3.8, 4) is 0 Å².